The molecule has 3 heterocycles. The van der Waals surface area contributed by atoms with Gasteiger partial charge in [0.2, 0.25) is 11.8 Å². The predicted octanol–water partition coefficient (Wildman–Crippen LogP) is 5.31. The standard InChI is InChI=1S/C28H23N5O5S/c1-16-31-32-26(36-16)17-7-9-19(10-8-17)37-20-13-18(14-21(15-20)38-23-11-12-33(2)27(23)35)25(34)30-28-29-22-5-3-4-6-24(22)39-28/h3-10,13-15,23H,11-12H2,1-2H3,(H,29,30,34). The molecule has 0 spiro atoms. The number of carbonyl (C=O) groups excluding carboxylic acids is 2. The number of para-hydroxylation sites is 1. The van der Waals surface area contributed by atoms with Crippen LogP contribution < -0.4 is 14.8 Å². The van der Waals surface area contributed by atoms with Crippen LogP contribution in [0.2, 0.25) is 0 Å². The van der Waals surface area contributed by atoms with Gasteiger partial charge >= 0.3 is 0 Å². The molecule has 2 aromatic heterocycles. The first kappa shape index (κ1) is 24.6. The van der Waals surface area contributed by atoms with Gasteiger partial charge < -0.3 is 18.8 Å². The first-order valence-electron chi connectivity index (χ1n) is 12.2. The van der Waals surface area contributed by atoms with E-state index in [0.29, 0.717) is 52.7 Å². The molecule has 11 heteroatoms. The number of likely N-dealkylation sites (tertiary alicyclic amines) is 1. The van der Waals surface area contributed by atoms with Gasteiger partial charge in [0.05, 0.1) is 10.2 Å². The Bertz CT molecular complexity index is 1650. The maximum Gasteiger partial charge on any atom is 0.263 e. The highest BCUT2D eigenvalue weighted by Crippen LogP contribution is 2.32. The summed E-state index contributed by atoms with van der Waals surface area (Å²) < 4.78 is 18.5. The highest BCUT2D eigenvalue weighted by Gasteiger charge is 2.31. The van der Waals surface area contributed by atoms with Gasteiger partial charge in [0.25, 0.3) is 11.8 Å². The first-order valence-corrected chi connectivity index (χ1v) is 13.0. The molecule has 196 valence electrons. The Hall–Kier alpha value is -4.77. The van der Waals surface area contributed by atoms with Crippen molar-refractivity contribution >= 4 is 38.5 Å². The summed E-state index contributed by atoms with van der Waals surface area (Å²) in [4.78, 5) is 31.8. The topological polar surface area (TPSA) is 120 Å². The summed E-state index contributed by atoms with van der Waals surface area (Å²) >= 11 is 1.39. The number of nitrogens with one attached hydrogen (secondary N) is 1. The van der Waals surface area contributed by atoms with Crippen LogP contribution in [0.4, 0.5) is 5.13 Å². The molecular formula is C28H23N5O5S. The average Bonchev–Trinajstić information content (AvgIpc) is 3.63. The van der Waals surface area contributed by atoms with E-state index in [1.807, 2.05) is 24.3 Å². The zero-order chi connectivity index (χ0) is 26.9. The summed E-state index contributed by atoms with van der Waals surface area (Å²) in [5, 5.41) is 11.2. The van der Waals surface area contributed by atoms with Gasteiger partial charge in [-0.05, 0) is 48.5 Å². The van der Waals surface area contributed by atoms with Crippen molar-refractivity contribution in [1.29, 1.82) is 0 Å². The number of ether oxygens (including phenoxy) is 2. The average molecular weight is 542 g/mol. The molecule has 1 aliphatic rings. The lowest BCUT2D eigenvalue weighted by atomic mass is 10.1. The molecular weight excluding hydrogens is 518 g/mol. The number of amides is 2. The second-order valence-electron chi connectivity index (χ2n) is 9.04. The molecule has 5 aromatic rings. The van der Waals surface area contributed by atoms with Crippen molar-refractivity contribution in [3.8, 4) is 28.7 Å². The number of benzene rings is 3. The Kier molecular flexibility index (Phi) is 6.41. The van der Waals surface area contributed by atoms with Crippen molar-refractivity contribution in [2.24, 2.45) is 0 Å². The molecule has 6 rings (SSSR count). The molecule has 0 radical (unpaired) electrons. The summed E-state index contributed by atoms with van der Waals surface area (Å²) in [7, 11) is 1.74. The van der Waals surface area contributed by atoms with Crippen LogP contribution in [0.25, 0.3) is 21.7 Å². The maximum absolute atomic E-state index is 13.3. The Balaban J connectivity index is 1.27. The molecule has 1 atom stereocenters. The minimum atomic E-state index is -0.623. The number of rotatable bonds is 7. The molecule has 0 bridgehead atoms. The Morgan fingerprint density at radius 1 is 1.05 bits per heavy atom. The lowest BCUT2D eigenvalue weighted by Crippen LogP contribution is -2.29. The Labute approximate surface area is 227 Å². The minimum absolute atomic E-state index is 0.103. The van der Waals surface area contributed by atoms with Crippen molar-refractivity contribution < 1.29 is 23.5 Å². The monoisotopic (exact) mass is 541 g/mol. The number of likely N-dealkylation sites (N-methyl/N-ethyl adjacent to an activating group) is 1. The van der Waals surface area contributed by atoms with Gasteiger partial charge in [-0.25, -0.2) is 4.98 Å². The third kappa shape index (κ3) is 5.30. The quantitative estimate of drug-likeness (QED) is 0.294. The lowest BCUT2D eigenvalue weighted by Gasteiger charge is -2.15. The third-order valence-corrected chi connectivity index (χ3v) is 7.13. The summed E-state index contributed by atoms with van der Waals surface area (Å²) in [6, 6.07) is 19.7. The first-order chi connectivity index (χ1) is 18.9. The van der Waals surface area contributed by atoms with E-state index >= 15 is 0 Å². The largest absolute Gasteiger partial charge is 0.480 e. The molecule has 1 fully saturated rings. The fourth-order valence-corrected chi connectivity index (χ4v) is 5.06. The van der Waals surface area contributed by atoms with E-state index < -0.39 is 6.10 Å². The van der Waals surface area contributed by atoms with Crippen molar-refractivity contribution in [3.05, 3.63) is 78.2 Å². The number of thiazole rings is 1. The zero-order valence-corrected chi connectivity index (χ0v) is 21.9. The summed E-state index contributed by atoms with van der Waals surface area (Å²) in [6.45, 7) is 2.33. The molecule has 2 amide bonds. The molecule has 0 saturated carbocycles. The number of anilines is 1. The van der Waals surface area contributed by atoms with E-state index in [2.05, 4.69) is 20.5 Å². The van der Waals surface area contributed by atoms with E-state index in [4.69, 9.17) is 13.9 Å². The molecule has 1 unspecified atom stereocenters. The normalized spacial score (nSPS) is 15.1. The van der Waals surface area contributed by atoms with Crippen LogP contribution in [-0.2, 0) is 4.79 Å². The van der Waals surface area contributed by atoms with Crippen molar-refractivity contribution in [1.82, 2.24) is 20.1 Å². The molecule has 1 aliphatic heterocycles. The van der Waals surface area contributed by atoms with Crippen LogP contribution in [0.5, 0.6) is 17.2 Å². The summed E-state index contributed by atoms with van der Waals surface area (Å²) in [5.74, 6) is 1.67. The minimum Gasteiger partial charge on any atom is -0.480 e. The van der Waals surface area contributed by atoms with E-state index in [9.17, 15) is 9.59 Å². The smallest absolute Gasteiger partial charge is 0.263 e. The van der Waals surface area contributed by atoms with Gasteiger partial charge in [-0.1, -0.05) is 23.5 Å². The number of hydrogen-bond donors (Lipinski definition) is 1. The number of fused-ring (bicyclic) bond motifs is 1. The van der Waals surface area contributed by atoms with Crippen LogP contribution in [0, 0.1) is 6.92 Å². The predicted molar refractivity (Wildman–Crippen MR) is 145 cm³/mol. The Morgan fingerprint density at radius 2 is 1.85 bits per heavy atom. The highest BCUT2D eigenvalue weighted by molar-refractivity contribution is 7.22. The van der Waals surface area contributed by atoms with Crippen LogP contribution in [0.3, 0.4) is 0 Å². The molecule has 10 nitrogen and oxygen atoms in total. The van der Waals surface area contributed by atoms with E-state index in [0.717, 1.165) is 15.8 Å². The second-order valence-corrected chi connectivity index (χ2v) is 10.1. The lowest BCUT2D eigenvalue weighted by molar-refractivity contribution is -0.132. The van der Waals surface area contributed by atoms with Gasteiger partial charge in [0, 0.05) is 44.1 Å². The van der Waals surface area contributed by atoms with E-state index in [-0.39, 0.29) is 11.8 Å². The number of aryl methyl sites for hydroxylation is 1. The van der Waals surface area contributed by atoms with Crippen LogP contribution in [-0.4, -0.2) is 51.6 Å². The molecule has 1 saturated heterocycles. The van der Waals surface area contributed by atoms with Gasteiger partial charge in [0.1, 0.15) is 17.2 Å². The van der Waals surface area contributed by atoms with Gasteiger partial charge in [-0.2, -0.15) is 0 Å². The van der Waals surface area contributed by atoms with Crippen LogP contribution >= 0.6 is 11.3 Å². The fraction of sp³-hybridized carbons (Fsp3) is 0.179. The number of nitrogens with zero attached hydrogens (tertiary/aromatic N) is 4. The van der Waals surface area contributed by atoms with Crippen molar-refractivity contribution in [3.63, 3.8) is 0 Å². The van der Waals surface area contributed by atoms with Gasteiger partial charge in [-0.15, -0.1) is 10.2 Å². The summed E-state index contributed by atoms with van der Waals surface area (Å²) in [6.07, 6.45) is -0.0628. The second kappa shape index (κ2) is 10.2. The zero-order valence-electron chi connectivity index (χ0n) is 21.1. The number of carbonyl (C=O) groups is 2. The van der Waals surface area contributed by atoms with Crippen LogP contribution in [0.1, 0.15) is 22.7 Å². The third-order valence-electron chi connectivity index (χ3n) is 6.18. The molecule has 0 aliphatic carbocycles. The molecule has 39 heavy (non-hydrogen) atoms. The highest BCUT2D eigenvalue weighted by atomic mass is 32.1. The fourth-order valence-electron chi connectivity index (χ4n) is 4.20. The number of aromatic nitrogens is 3. The van der Waals surface area contributed by atoms with E-state index in [1.54, 1.807) is 61.3 Å². The SMILES string of the molecule is Cc1nnc(-c2ccc(Oc3cc(OC4CCN(C)C4=O)cc(C(=O)Nc4nc5ccccc5s4)c3)cc2)o1. The maximum atomic E-state index is 13.3. The van der Waals surface area contributed by atoms with Crippen molar-refractivity contribution in [2.45, 2.75) is 19.4 Å². The van der Waals surface area contributed by atoms with Crippen LogP contribution in [0.15, 0.2) is 71.1 Å². The summed E-state index contributed by atoms with van der Waals surface area (Å²) in [5.41, 5.74) is 1.86. The van der Waals surface area contributed by atoms with Gasteiger partial charge in [0.15, 0.2) is 11.2 Å². The van der Waals surface area contributed by atoms with Crippen molar-refractivity contribution in [2.75, 3.05) is 18.9 Å². The van der Waals surface area contributed by atoms with E-state index in [1.165, 1.54) is 11.3 Å². The molecule has 3 aromatic carbocycles. The van der Waals surface area contributed by atoms with Gasteiger partial charge in [-0.3, -0.25) is 14.9 Å². The molecule has 1 N–H and O–H groups in total. The number of hydrogen-bond acceptors (Lipinski definition) is 9. The Morgan fingerprint density at radius 3 is 2.56 bits per heavy atom.